The SMILES string of the molecule is Fc1ccc(NCC=Cc2ccccc2)cc1F. The van der Waals surface area contributed by atoms with E-state index in [-0.39, 0.29) is 0 Å². The van der Waals surface area contributed by atoms with Crippen LogP contribution in [0, 0.1) is 11.6 Å². The van der Waals surface area contributed by atoms with Crippen LogP contribution in [0.4, 0.5) is 14.5 Å². The first-order valence-corrected chi connectivity index (χ1v) is 5.66. The van der Waals surface area contributed by atoms with Gasteiger partial charge in [0.2, 0.25) is 0 Å². The van der Waals surface area contributed by atoms with E-state index in [4.69, 9.17) is 0 Å². The molecule has 0 saturated heterocycles. The molecular formula is C15H13F2N. The minimum absolute atomic E-state index is 0.556. The molecule has 0 unspecified atom stereocenters. The lowest BCUT2D eigenvalue weighted by Crippen LogP contribution is -1.99. The van der Waals surface area contributed by atoms with Crippen LogP contribution in [0.1, 0.15) is 5.56 Å². The van der Waals surface area contributed by atoms with E-state index in [1.54, 1.807) is 0 Å². The Bertz CT molecular complexity index is 535. The van der Waals surface area contributed by atoms with Gasteiger partial charge in [-0.3, -0.25) is 0 Å². The van der Waals surface area contributed by atoms with Crippen LogP contribution in [-0.4, -0.2) is 6.54 Å². The van der Waals surface area contributed by atoms with Gasteiger partial charge in [-0.25, -0.2) is 8.78 Å². The summed E-state index contributed by atoms with van der Waals surface area (Å²) in [4.78, 5) is 0. The summed E-state index contributed by atoms with van der Waals surface area (Å²) in [6.45, 7) is 0.556. The van der Waals surface area contributed by atoms with E-state index < -0.39 is 11.6 Å². The van der Waals surface area contributed by atoms with Crippen LogP contribution in [0.3, 0.4) is 0 Å². The monoisotopic (exact) mass is 245 g/mol. The molecule has 0 aliphatic heterocycles. The van der Waals surface area contributed by atoms with E-state index in [2.05, 4.69) is 5.32 Å². The Morgan fingerprint density at radius 3 is 2.44 bits per heavy atom. The summed E-state index contributed by atoms with van der Waals surface area (Å²) in [7, 11) is 0. The minimum atomic E-state index is -0.841. The topological polar surface area (TPSA) is 12.0 Å². The Hall–Kier alpha value is -2.16. The summed E-state index contributed by atoms with van der Waals surface area (Å²) >= 11 is 0. The molecule has 1 nitrogen and oxygen atoms in total. The minimum Gasteiger partial charge on any atom is -0.381 e. The van der Waals surface area contributed by atoms with Gasteiger partial charge in [-0.1, -0.05) is 42.5 Å². The maximum absolute atomic E-state index is 12.9. The third-order valence-electron chi connectivity index (χ3n) is 2.45. The first-order chi connectivity index (χ1) is 8.75. The lowest BCUT2D eigenvalue weighted by atomic mass is 10.2. The van der Waals surface area contributed by atoms with Crippen molar-refractivity contribution in [3.8, 4) is 0 Å². The standard InChI is InChI=1S/C15H13F2N/c16-14-9-8-13(11-15(14)17)18-10-4-7-12-5-2-1-3-6-12/h1-9,11,18H,10H2. The molecule has 0 spiro atoms. The van der Waals surface area contributed by atoms with E-state index in [1.807, 2.05) is 42.5 Å². The van der Waals surface area contributed by atoms with Crippen molar-refractivity contribution < 1.29 is 8.78 Å². The van der Waals surface area contributed by atoms with E-state index in [0.29, 0.717) is 12.2 Å². The normalized spacial score (nSPS) is 10.8. The summed E-state index contributed by atoms with van der Waals surface area (Å²) in [5.74, 6) is -1.67. The molecule has 0 heterocycles. The van der Waals surface area contributed by atoms with Crippen molar-refractivity contribution in [1.82, 2.24) is 0 Å². The van der Waals surface area contributed by atoms with Gasteiger partial charge in [-0.15, -0.1) is 0 Å². The number of halogens is 2. The average molecular weight is 245 g/mol. The summed E-state index contributed by atoms with van der Waals surface area (Å²) in [5.41, 5.74) is 1.66. The number of anilines is 1. The molecule has 0 fully saturated rings. The molecule has 0 amide bonds. The summed E-state index contributed by atoms with van der Waals surface area (Å²) in [6, 6.07) is 13.6. The average Bonchev–Trinajstić information content (AvgIpc) is 2.40. The van der Waals surface area contributed by atoms with Gasteiger partial charge in [0.15, 0.2) is 11.6 Å². The molecule has 0 bridgehead atoms. The van der Waals surface area contributed by atoms with Gasteiger partial charge in [0.05, 0.1) is 0 Å². The third kappa shape index (κ3) is 3.42. The summed E-state index contributed by atoms with van der Waals surface area (Å²) < 4.78 is 25.6. The summed E-state index contributed by atoms with van der Waals surface area (Å²) in [5, 5.41) is 2.99. The predicted molar refractivity (Wildman–Crippen MR) is 70.3 cm³/mol. The molecule has 2 aromatic carbocycles. The fourth-order valence-corrected chi connectivity index (χ4v) is 1.54. The summed E-state index contributed by atoms with van der Waals surface area (Å²) in [6.07, 6.45) is 3.89. The zero-order valence-electron chi connectivity index (χ0n) is 9.74. The Morgan fingerprint density at radius 1 is 0.944 bits per heavy atom. The van der Waals surface area contributed by atoms with Gasteiger partial charge in [-0.05, 0) is 17.7 Å². The van der Waals surface area contributed by atoms with Gasteiger partial charge in [0.1, 0.15) is 0 Å². The van der Waals surface area contributed by atoms with Crippen molar-refractivity contribution in [3.05, 3.63) is 71.8 Å². The molecule has 0 atom stereocenters. The Kier molecular flexibility index (Phi) is 4.07. The molecule has 2 rings (SSSR count). The molecule has 0 radical (unpaired) electrons. The van der Waals surface area contributed by atoms with Crippen molar-refractivity contribution >= 4 is 11.8 Å². The molecule has 2 aromatic rings. The van der Waals surface area contributed by atoms with Crippen LogP contribution in [0.15, 0.2) is 54.6 Å². The lowest BCUT2D eigenvalue weighted by molar-refractivity contribution is 0.509. The molecule has 18 heavy (non-hydrogen) atoms. The number of benzene rings is 2. The van der Waals surface area contributed by atoms with Crippen LogP contribution in [0.25, 0.3) is 6.08 Å². The van der Waals surface area contributed by atoms with Gasteiger partial charge < -0.3 is 5.32 Å². The van der Waals surface area contributed by atoms with Crippen LogP contribution in [0.2, 0.25) is 0 Å². The van der Waals surface area contributed by atoms with Crippen molar-refractivity contribution in [2.45, 2.75) is 0 Å². The van der Waals surface area contributed by atoms with E-state index in [0.717, 1.165) is 17.7 Å². The van der Waals surface area contributed by atoms with E-state index in [1.165, 1.54) is 6.07 Å². The largest absolute Gasteiger partial charge is 0.381 e. The lowest BCUT2D eigenvalue weighted by Gasteiger charge is -2.03. The third-order valence-corrected chi connectivity index (χ3v) is 2.45. The fraction of sp³-hybridized carbons (Fsp3) is 0.0667. The van der Waals surface area contributed by atoms with Crippen LogP contribution in [0.5, 0.6) is 0 Å². The molecule has 1 N–H and O–H groups in total. The van der Waals surface area contributed by atoms with Crippen molar-refractivity contribution in [2.24, 2.45) is 0 Å². The molecule has 92 valence electrons. The second-order valence-corrected chi connectivity index (χ2v) is 3.82. The fourth-order valence-electron chi connectivity index (χ4n) is 1.54. The van der Waals surface area contributed by atoms with Crippen molar-refractivity contribution in [1.29, 1.82) is 0 Å². The molecule has 0 aliphatic carbocycles. The van der Waals surface area contributed by atoms with Gasteiger partial charge in [0.25, 0.3) is 0 Å². The quantitative estimate of drug-likeness (QED) is 0.855. The first kappa shape index (κ1) is 12.3. The second kappa shape index (κ2) is 5.96. The maximum atomic E-state index is 12.9. The van der Waals surface area contributed by atoms with Crippen LogP contribution >= 0.6 is 0 Å². The number of nitrogens with one attached hydrogen (secondary N) is 1. The smallest absolute Gasteiger partial charge is 0.160 e. The molecule has 0 saturated carbocycles. The van der Waals surface area contributed by atoms with E-state index >= 15 is 0 Å². The molecular weight excluding hydrogens is 232 g/mol. The highest BCUT2D eigenvalue weighted by atomic mass is 19.2. The Balaban J connectivity index is 1.89. The maximum Gasteiger partial charge on any atom is 0.160 e. The highest BCUT2D eigenvalue weighted by molar-refractivity contribution is 5.50. The van der Waals surface area contributed by atoms with Gasteiger partial charge in [-0.2, -0.15) is 0 Å². The van der Waals surface area contributed by atoms with Crippen LogP contribution in [-0.2, 0) is 0 Å². The van der Waals surface area contributed by atoms with Gasteiger partial charge in [0, 0.05) is 18.3 Å². The zero-order valence-corrected chi connectivity index (χ0v) is 9.74. The Morgan fingerprint density at radius 2 is 1.72 bits per heavy atom. The number of rotatable bonds is 4. The highest BCUT2D eigenvalue weighted by Gasteiger charge is 2.00. The molecule has 0 aliphatic rings. The Labute approximate surface area is 105 Å². The number of hydrogen-bond acceptors (Lipinski definition) is 1. The van der Waals surface area contributed by atoms with Crippen molar-refractivity contribution in [3.63, 3.8) is 0 Å². The number of hydrogen-bond donors (Lipinski definition) is 1. The van der Waals surface area contributed by atoms with Gasteiger partial charge >= 0.3 is 0 Å². The van der Waals surface area contributed by atoms with E-state index in [9.17, 15) is 8.78 Å². The van der Waals surface area contributed by atoms with Crippen LogP contribution < -0.4 is 5.32 Å². The molecule has 0 aromatic heterocycles. The zero-order chi connectivity index (χ0) is 12.8. The second-order valence-electron chi connectivity index (χ2n) is 3.82. The first-order valence-electron chi connectivity index (χ1n) is 5.66. The predicted octanol–water partition coefficient (Wildman–Crippen LogP) is 4.09. The van der Waals surface area contributed by atoms with Crippen molar-refractivity contribution in [2.75, 3.05) is 11.9 Å². The highest BCUT2D eigenvalue weighted by Crippen LogP contribution is 2.12. The molecule has 3 heteroatoms.